The molecule has 3 rings (SSSR count). The predicted molar refractivity (Wildman–Crippen MR) is 101 cm³/mol. The van der Waals surface area contributed by atoms with Crippen LogP contribution < -0.4 is 10.6 Å². The highest BCUT2D eigenvalue weighted by Crippen LogP contribution is 2.18. The molecule has 0 fully saturated rings. The molecule has 0 aliphatic carbocycles. The van der Waals surface area contributed by atoms with Crippen molar-refractivity contribution < 1.29 is 4.79 Å². The topological polar surface area (TPSA) is 54.0 Å². The molecule has 0 aliphatic rings. The number of anilines is 3. The molecule has 0 radical (unpaired) electrons. The molecule has 4 nitrogen and oxygen atoms in total. The van der Waals surface area contributed by atoms with Crippen molar-refractivity contribution in [1.82, 2.24) is 4.98 Å². The average Bonchev–Trinajstić information content (AvgIpc) is 2.57. The first-order valence-corrected chi connectivity index (χ1v) is 8.26. The molecule has 0 aliphatic heterocycles. The van der Waals surface area contributed by atoms with Gasteiger partial charge in [-0.25, -0.2) is 4.98 Å². The van der Waals surface area contributed by atoms with Gasteiger partial charge in [0.25, 0.3) is 5.91 Å². The Balaban J connectivity index is 1.67. The molecular formula is C19H16BrN3O. The number of aryl methyl sites for hydroxylation is 1. The second-order valence-electron chi connectivity index (χ2n) is 5.39. The van der Waals surface area contributed by atoms with Gasteiger partial charge in [-0.1, -0.05) is 34.1 Å². The van der Waals surface area contributed by atoms with Gasteiger partial charge in [0.1, 0.15) is 5.82 Å². The number of pyridine rings is 1. The van der Waals surface area contributed by atoms with Crippen LogP contribution in [-0.4, -0.2) is 10.9 Å². The standard InChI is InChI=1S/C19H16BrN3O/c1-13-4-2-7-16(10-13)22-18-9-8-17(12-21-18)23-19(24)14-5-3-6-15(20)11-14/h2-12H,1H3,(H,21,22)(H,23,24). The molecule has 24 heavy (non-hydrogen) atoms. The number of carbonyl (C=O) groups excluding carboxylic acids is 1. The van der Waals surface area contributed by atoms with Crippen molar-refractivity contribution in [3.8, 4) is 0 Å². The summed E-state index contributed by atoms with van der Waals surface area (Å²) in [6.07, 6.45) is 1.63. The van der Waals surface area contributed by atoms with E-state index >= 15 is 0 Å². The summed E-state index contributed by atoms with van der Waals surface area (Å²) >= 11 is 3.36. The normalized spacial score (nSPS) is 10.2. The van der Waals surface area contributed by atoms with E-state index in [1.54, 1.807) is 18.3 Å². The Morgan fingerprint density at radius 3 is 2.54 bits per heavy atom. The Morgan fingerprint density at radius 2 is 1.83 bits per heavy atom. The highest BCUT2D eigenvalue weighted by molar-refractivity contribution is 9.10. The minimum Gasteiger partial charge on any atom is -0.340 e. The number of carbonyl (C=O) groups is 1. The molecule has 1 amide bonds. The monoisotopic (exact) mass is 381 g/mol. The Kier molecular flexibility index (Phi) is 4.91. The smallest absolute Gasteiger partial charge is 0.255 e. The van der Waals surface area contributed by atoms with E-state index in [4.69, 9.17) is 0 Å². The third kappa shape index (κ3) is 4.20. The van der Waals surface area contributed by atoms with Gasteiger partial charge in [0.2, 0.25) is 0 Å². The van der Waals surface area contributed by atoms with Gasteiger partial charge in [-0.05, 0) is 55.0 Å². The lowest BCUT2D eigenvalue weighted by Gasteiger charge is -2.08. The van der Waals surface area contributed by atoms with E-state index in [0.717, 1.165) is 16.0 Å². The number of aromatic nitrogens is 1. The van der Waals surface area contributed by atoms with Crippen LogP contribution >= 0.6 is 15.9 Å². The third-order valence-corrected chi connectivity index (χ3v) is 3.89. The predicted octanol–water partition coefficient (Wildman–Crippen LogP) is 5.15. The maximum Gasteiger partial charge on any atom is 0.255 e. The van der Waals surface area contributed by atoms with Gasteiger partial charge in [-0.3, -0.25) is 4.79 Å². The van der Waals surface area contributed by atoms with Crippen molar-refractivity contribution in [2.24, 2.45) is 0 Å². The summed E-state index contributed by atoms with van der Waals surface area (Å²) in [5.41, 5.74) is 3.40. The van der Waals surface area contributed by atoms with Crippen molar-refractivity contribution in [2.75, 3.05) is 10.6 Å². The van der Waals surface area contributed by atoms with Gasteiger partial charge in [-0.2, -0.15) is 0 Å². The maximum atomic E-state index is 12.2. The number of benzene rings is 2. The van der Waals surface area contributed by atoms with Gasteiger partial charge >= 0.3 is 0 Å². The van der Waals surface area contributed by atoms with E-state index in [0.29, 0.717) is 11.3 Å². The second kappa shape index (κ2) is 7.27. The van der Waals surface area contributed by atoms with Crippen LogP contribution in [0.25, 0.3) is 0 Å². The molecule has 1 aromatic heterocycles. The van der Waals surface area contributed by atoms with Crippen LogP contribution in [0.4, 0.5) is 17.2 Å². The van der Waals surface area contributed by atoms with E-state index in [9.17, 15) is 4.79 Å². The first-order valence-electron chi connectivity index (χ1n) is 7.47. The van der Waals surface area contributed by atoms with Crippen LogP contribution in [-0.2, 0) is 0 Å². The fourth-order valence-electron chi connectivity index (χ4n) is 2.25. The zero-order valence-corrected chi connectivity index (χ0v) is 14.7. The molecule has 120 valence electrons. The third-order valence-electron chi connectivity index (χ3n) is 3.40. The van der Waals surface area contributed by atoms with Crippen LogP contribution in [0.1, 0.15) is 15.9 Å². The van der Waals surface area contributed by atoms with Crippen molar-refractivity contribution >= 4 is 39.0 Å². The lowest BCUT2D eigenvalue weighted by molar-refractivity contribution is 0.102. The molecule has 3 aromatic rings. The number of nitrogens with one attached hydrogen (secondary N) is 2. The summed E-state index contributed by atoms with van der Waals surface area (Å²) in [4.78, 5) is 16.5. The number of amides is 1. The summed E-state index contributed by atoms with van der Waals surface area (Å²) in [5.74, 6) is 0.554. The summed E-state index contributed by atoms with van der Waals surface area (Å²) in [5, 5.41) is 6.07. The molecule has 2 aromatic carbocycles. The molecule has 0 saturated carbocycles. The molecule has 1 heterocycles. The van der Waals surface area contributed by atoms with Crippen LogP contribution in [0, 0.1) is 6.92 Å². The Labute approximate surface area is 149 Å². The average molecular weight is 382 g/mol. The fourth-order valence-corrected chi connectivity index (χ4v) is 2.64. The minimum absolute atomic E-state index is 0.169. The van der Waals surface area contributed by atoms with E-state index in [1.165, 1.54) is 5.56 Å². The second-order valence-corrected chi connectivity index (χ2v) is 6.31. The van der Waals surface area contributed by atoms with E-state index in [-0.39, 0.29) is 5.91 Å². The largest absolute Gasteiger partial charge is 0.340 e. The number of halogens is 1. The molecule has 5 heteroatoms. The molecule has 2 N–H and O–H groups in total. The minimum atomic E-state index is -0.169. The quantitative estimate of drug-likeness (QED) is 0.656. The van der Waals surface area contributed by atoms with Crippen LogP contribution in [0.3, 0.4) is 0 Å². The summed E-state index contributed by atoms with van der Waals surface area (Å²) in [7, 11) is 0. The van der Waals surface area contributed by atoms with Gasteiger partial charge in [-0.15, -0.1) is 0 Å². The molecule has 0 saturated heterocycles. The van der Waals surface area contributed by atoms with Crippen molar-refractivity contribution in [3.63, 3.8) is 0 Å². The lowest BCUT2D eigenvalue weighted by atomic mass is 10.2. The highest BCUT2D eigenvalue weighted by atomic mass is 79.9. The molecular weight excluding hydrogens is 366 g/mol. The van der Waals surface area contributed by atoms with Crippen molar-refractivity contribution in [2.45, 2.75) is 6.92 Å². The molecule has 0 atom stereocenters. The summed E-state index contributed by atoms with van der Waals surface area (Å²) in [6, 6.07) is 19.0. The summed E-state index contributed by atoms with van der Waals surface area (Å²) < 4.78 is 0.867. The van der Waals surface area contributed by atoms with Gasteiger partial charge in [0, 0.05) is 15.7 Å². The van der Waals surface area contributed by atoms with E-state index < -0.39 is 0 Å². The zero-order valence-electron chi connectivity index (χ0n) is 13.1. The Hall–Kier alpha value is -2.66. The first-order chi connectivity index (χ1) is 11.6. The van der Waals surface area contributed by atoms with Crippen LogP contribution in [0.2, 0.25) is 0 Å². The van der Waals surface area contributed by atoms with Crippen LogP contribution in [0.15, 0.2) is 71.3 Å². The first kappa shape index (κ1) is 16.2. The van der Waals surface area contributed by atoms with Gasteiger partial charge in [0.15, 0.2) is 0 Å². The SMILES string of the molecule is Cc1cccc(Nc2ccc(NC(=O)c3cccc(Br)c3)cn2)c1. The fraction of sp³-hybridized carbons (Fsp3) is 0.0526. The number of rotatable bonds is 4. The number of hydrogen-bond acceptors (Lipinski definition) is 3. The van der Waals surface area contributed by atoms with Gasteiger partial charge < -0.3 is 10.6 Å². The number of hydrogen-bond donors (Lipinski definition) is 2. The zero-order chi connectivity index (χ0) is 16.9. The highest BCUT2D eigenvalue weighted by Gasteiger charge is 2.06. The van der Waals surface area contributed by atoms with Crippen molar-refractivity contribution in [3.05, 3.63) is 82.5 Å². The molecule has 0 spiro atoms. The van der Waals surface area contributed by atoms with E-state index in [1.807, 2.05) is 55.5 Å². The lowest BCUT2D eigenvalue weighted by Crippen LogP contribution is -2.12. The molecule has 0 bridgehead atoms. The van der Waals surface area contributed by atoms with E-state index in [2.05, 4.69) is 31.5 Å². The van der Waals surface area contributed by atoms with Crippen molar-refractivity contribution in [1.29, 1.82) is 0 Å². The Morgan fingerprint density at radius 1 is 1.00 bits per heavy atom. The Bertz CT molecular complexity index is 862. The summed E-state index contributed by atoms with van der Waals surface area (Å²) in [6.45, 7) is 2.04. The molecule has 0 unspecified atom stereocenters. The number of nitrogens with zero attached hydrogens (tertiary/aromatic N) is 1. The van der Waals surface area contributed by atoms with Crippen LogP contribution in [0.5, 0.6) is 0 Å². The maximum absolute atomic E-state index is 12.2. The van der Waals surface area contributed by atoms with Gasteiger partial charge in [0.05, 0.1) is 11.9 Å².